The first-order valence-electron chi connectivity index (χ1n) is 19.8. The van der Waals surface area contributed by atoms with E-state index >= 15 is 0 Å². The highest BCUT2D eigenvalue weighted by Crippen LogP contribution is 2.41. The maximum atomic E-state index is 5.46. The standard InChI is InChI=1S/C54H32N4/c1-3-13-40-33(11-1)21-22-35-23-24-37(31-44(35)40)53-54(56-47-18-8-7-17-46(47)55-53)58-48-19-9-5-15-42(48)45-30-36-25-27-39(29-38(36)32-51(45)58)57-49-20-10-6-16-43(49)52-41-14-4-2-12-34(41)26-28-50(52)57/h1-32H. The monoisotopic (exact) mass is 736 g/mol. The van der Waals surface area contributed by atoms with Crippen LogP contribution in [0.25, 0.3) is 120 Å². The van der Waals surface area contributed by atoms with Crippen molar-refractivity contribution in [2.24, 2.45) is 0 Å². The van der Waals surface area contributed by atoms with Gasteiger partial charge in [-0.1, -0.05) is 133 Å². The van der Waals surface area contributed by atoms with E-state index in [0.717, 1.165) is 50.2 Å². The summed E-state index contributed by atoms with van der Waals surface area (Å²) in [6.45, 7) is 0. The fraction of sp³-hybridized carbons (Fsp3) is 0. The first-order valence-corrected chi connectivity index (χ1v) is 19.8. The number of fused-ring (bicyclic) bond motifs is 13. The van der Waals surface area contributed by atoms with Crippen LogP contribution >= 0.6 is 0 Å². The molecule has 0 saturated heterocycles. The largest absolute Gasteiger partial charge is 0.309 e. The Kier molecular flexibility index (Phi) is 6.41. The molecule has 0 aliphatic carbocycles. The Morgan fingerprint density at radius 2 is 0.914 bits per heavy atom. The van der Waals surface area contributed by atoms with Crippen molar-refractivity contribution in [3.8, 4) is 22.8 Å². The van der Waals surface area contributed by atoms with Crippen molar-refractivity contribution in [3.05, 3.63) is 194 Å². The third-order valence-corrected chi connectivity index (χ3v) is 12.2. The summed E-state index contributed by atoms with van der Waals surface area (Å²) < 4.78 is 4.76. The van der Waals surface area contributed by atoms with Gasteiger partial charge in [-0.15, -0.1) is 0 Å². The summed E-state index contributed by atoms with van der Waals surface area (Å²) >= 11 is 0. The van der Waals surface area contributed by atoms with Gasteiger partial charge in [-0.25, -0.2) is 9.97 Å². The summed E-state index contributed by atoms with van der Waals surface area (Å²) in [5.41, 5.74) is 9.33. The third-order valence-electron chi connectivity index (χ3n) is 12.2. The SMILES string of the molecule is c1ccc2c(c1)ccc1ccc(-c3nc4ccccc4nc3-n3c4ccccc4c4cc5ccc(-n6c7ccccc7c7c8ccccc8ccc76)cc5cc43)cc12. The maximum absolute atomic E-state index is 5.46. The number of benzene rings is 10. The molecule has 0 saturated carbocycles. The van der Waals surface area contributed by atoms with Gasteiger partial charge < -0.3 is 4.57 Å². The molecule has 10 aromatic carbocycles. The maximum Gasteiger partial charge on any atom is 0.165 e. The van der Waals surface area contributed by atoms with E-state index in [1.807, 2.05) is 12.1 Å². The van der Waals surface area contributed by atoms with Crippen molar-refractivity contribution >= 4 is 97.7 Å². The smallest absolute Gasteiger partial charge is 0.165 e. The van der Waals surface area contributed by atoms with E-state index in [-0.39, 0.29) is 0 Å². The third kappa shape index (κ3) is 4.45. The molecule has 13 aromatic rings. The molecule has 268 valence electrons. The zero-order valence-electron chi connectivity index (χ0n) is 31.3. The Morgan fingerprint density at radius 1 is 0.310 bits per heavy atom. The first kappa shape index (κ1) is 31.4. The van der Waals surface area contributed by atoms with Crippen LogP contribution in [0.3, 0.4) is 0 Å². The van der Waals surface area contributed by atoms with Gasteiger partial charge in [0.2, 0.25) is 0 Å². The van der Waals surface area contributed by atoms with Gasteiger partial charge in [0.1, 0.15) is 5.69 Å². The number of aromatic nitrogens is 4. The van der Waals surface area contributed by atoms with Crippen LogP contribution in [0.15, 0.2) is 194 Å². The van der Waals surface area contributed by atoms with Gasteiger partial charge in [0, 0.05) is 32.8 Å². The minimum absolute atomic E-state index is 0.814. The molecule has 0 aliphatic rings. The summed E-state index contributed by atoms with van der Waals surface area (Å²) in [5.74, 6) is 0.814. The summed E-state index contributed by atoms with van der Waals surface area (Å²) in [4.78, 5) is 10.9. The number of para-hydroxylation sites is 4. The summed E-state index contributed by atoms with van der Waals surface area (Å²) in [7, 11) is 0. The van der Waals surface area contributed by atoms with E-state index in [2.05, 4.69) is 191 Å². The van der Waals surface area contributed by atoms with E-state index in [4.69, 9.17) is 9.97 Å². The quantitative estimate of drug-likeness (QED) is 0.169. The predicted octanol–water partition coefficient (Wildman–Crippen LogP) is 14.1. The van der Waals surface area contributed by atoms with E-state index < -0.39 is 0 Å². The lowest BCUT2D eigenvalue weighted by Crippen LogP contribution is -2.03. The van der Waals surface area contributed by atoms with Crippen molar-refractivity contribution in [1.29, 1.82) is 0 Å². The average Bonchev–Trinajstić information content (AvgIpc) is 3.80. The van der Waals surface area contributed by atoms with Gasteiger partial charge in [0.15, 0.2) is 5.82 Å². The molecule has 3 aromatic heterocycles. The second kappa shape index (κ2) is 11.8. The van der Waals surface area contributed by atoms with Crippen LogP contribution in [0.1, 0.15) is 0 Å². The van der Waals surface area contributed by atoms with Gasteiger partial charge in [0.25, 0.3) is 0 Å². The van der Waals surface area contributed by atoms with Gasteiger partial charge in [-0.3, -0.25) is 4.57 Å². The van der Waals surface area contributed by atoms with E-state index in [9.17, 15) is 0 Å². The molecule has 58 heavy (non-hydrogen) atoms. The molecule has 0 fully saturated rings. The van der Waals surface area contributed by atoms with E-state index in [0.29, 0.717) is 0 Å². The van der Waals surface area contributed by atoms with Crippen LogP contribution in [-0.4, -0.2) is 19.1 Å². The van der Waals surface area contributed by atoms with Crippen molar-refractivity contribution in [1.82, 2.24) is 19.1 Å². The summed E-state index contributed by atoms with van der Waals surface area (Å²) in [6, 6.07) is 70.2. The molecule has 4 nitrogen and oxygen atoms in total. The number of hydrogen-bond acceptors (Lipinski definition) is 2. The number of hydrogen-bond donors (Lipinski definition) is 0. The average molecular weight is 737 g/mol. The minimum atomic E-state index is 0.814. The van der Waals surface area contributed by atoms with E-state index in [1.165, 1.54) is 70.3 Å². The molecule has 4 heteroatoms. The molecule has 0 radical (unpaired) electrons. The Bertz CT molecular complexity index is 3870. The fourth-order valence-electron chi connectivity index (χ4n) is 9.57. The van der Waals surface area contributed by atoms with Gasteiger partial charge in [-0.05, 0) is 104 Å². The van der Waals surface area contributed by atoms with Crippen LogP contribution in [0.5, 0.6) is 0 Å². The van der Waals surface area contributed by atoms with Crippen molar-refractivity contribution in [2.45, 2.75) is 0 Å². The van der Waals surface area contributed by atoms with Crippen molar-refractivity contribution in [2.75, 3.05) is 0 Å². The van der Waals surface area contributed by atoms with Crippen LogP contribution in [0.4, 0.5) is 0 Å². The van der Waals surface area contributed by atoms with Crippen LogP contribution in [-0.2, 0) is 0 Å². The van der Waals surface area contributed by atoms with E-state index in [1.54, 1.807) is 0 Å². The summed E-state index contributed by atoms with van der Waals surface area (Å²) in [5, 5.41) is 14.6. The van der Waals surface area contributed by atoms with Crippen molar-refractivity contribution in [3.63, 3.8) is 0 Å². The highest BCUT2D eigenvalue weighted by molar-refractivity contribution is 6.21. The molecular weight excluding hydrogens is 705 g/mol. The van der Waals surface area contributed by atoms with Gasteiger partial charge in [-0.2, -0.15) is 0 Å². The highest BCUT2D eigenvalue weighted by Gasteiger charge is 2.21. The number of nitrogens with zero attached hydrogens (tertiary/aromatic N) is 4. The Labute approximate surface area is 332 Å². The molecule has 0 unspecified atom stereocenters. The van der Waals surface area contributed by atoms with Crippen LogP contribution in [0.2, 0.25) is 0 Å². The van der Waals surface area contributed by atoms with Gasteiger partial charge >= 0.3 is 0 Å². The second-order valence-corrected chi connectivity index (χ2v) is 15.4. The molecule has 0 spiro atoms. The molecule has 0 bridgehead atoms. The molecule has 0 atom stereocenters. The topological polar surface area (TPSA) is 35.6 Å². The molecule has 0 N–H and O–H groups in total. The second-order valence-electron chi connectivity index (χ2n) is 15.4. The Morgan fingerprint density at radius 3 is 1.74 bits per heavy atom. The lowest BCUT2D eigenvalue weighted by molar-refractivity contribution is 1.08. The minimum Gasteiger partial charge on any atom is -0.309 e. The van der Waals surface area contributed by atoms with Crippen LogP contribution < -0.4 is 0 Å². The molecule has 3 heterocycles. The molecule has 0 aliphatic heterocycles. The summed E-state index contributed by atoms with van der Waals surface area (Å²) in [6.07, 6.45) is 0. The normalized spacial score (nSPS) is 12.1. The predicted molar refractivity (Wildman–Crippen MR) is 244 cm³/mol. The highest BCUT2D eigenvalue weighted by atomic mass is 15.1. The lowest BCUT2D eigenvalue weighted by atomic mass is 9.99. The first-order chi connectivity index (χ1) is 28.7. The Hall–Kier alpha value is -7.82. The molecule has 0 amide bonds. The number of rotatable bonds is 3. The van der Waals surface area contributed by atoms with Crippen LogP contribution in [0, 0.1) is 0 Å². The van der Waals surface area contributed by atoms with Gasteiger partial charge in [0.05, 0.1) is 33.1 Å². The zero-order chi connectivity index (χ0) is 37.9. The zero-order valence-corrected chi connectivity index (χ0v) is 31.3. The lowest BCUT2D eigenvalue weighted by Gasteiger charge is -2.15. The van der Waals surface area contributed by atoms with Crippen molar-refractivity contribution < 1.29 is 0 Å². The fourth-order valence-corrected chi connectivity index (χ4v) is 9.57. The molecular formula is C54H32N4. The Balaban J connectivity index is 1.09. The molecule has 13 rings (SSSR count).